The number of carbonyl (C=O) groups is 1. The van der Waals surface area contributed by atoms with Crippen LogP contribution in [-0.4, -0.2) is 20.0 Å². The number of nitrogens with zero attached hydrogens (tertiary/aromatic N) is 2. The summed E-state index contributed by atoms with van der Waals surface area (Å²) in [7, 11) is 0. The van der Waals surface area contributed by atoms with E-state index in [4.69, 9.17) is 0 Å². The molecule has 0 bridgehead atoms. The third-order valence-electron chi connectivity index (χ3n) is 4.46. The van der Waals surface area contributed by atoms with Gasteiger partial charge in [0.15, 0.2) is 5.78 Å². The van der Waals surface area contributed by atoms with Crippen LogP contribution in [0.15, 0.2) is 53.3 Å². The molecule has 3 aromatic rings. The molecule has 0 saturated carbocycles. The van der Waals surface area contributed by atoms with Gasteiger partial charge in [0.1, 0.15) is 5.75 Å². The van der Waals surface area contributed by atoms with Crippen LogP contribution in [0.25, 0.3) is 13.2 Å². The fraction of sp³-hybridized carbons (Fsp3) is 0.143. The number of ketones is 1. The molecule has 2 aromatic carbocycles. The van der Waals surface area contributed by atoms with Crippen LogP contribution in [0.5, 0.6) is 5.75 Å². The molecule has 0 aliphatic rings. The van der Waals surface area contributed by atoms with E-state index in [0.29, 0.717) is 28.4 Å². The van der Waals surface area contributed by atoms with Crippen LogP contribution in [0.1, 0.15) is 21.5 Å². The Labute approximate surface area is 150 Å². The number of benzene rings is 2. The highest BCUT2D eigenvalue weighted by Crippen LogP contribution is 2.17. The Balaban J connectivity index is 1.94. The Hall–Kier alpha value is -3.34. The van der Waals surface area contributed by atoms with Crippen molar-refractivity contribution in [1.82, 2.24) is 9.13 Å². The first-order valence-electron chi connectivity index (χ1n) is 8.22. The quantitative estimate of drug-likeness (QED) is 0.709. The second kappa shape index (κ2) is 6.88. The lowest BCUT2D eigenvalue weighted by Crippen LogP contribution is -2.32. The summed E-state index contributed by atoms with van der Waals surface area (Å²) in [5.41, 5.74) is 1.67. The molecule has 0 atom stereocenters. The third-order valence-corrected chi connectivity index (χ3v) is 4.46. The number of phenols is 1. The average molecular weight is 348 g/mol. The second-order valence-corrected chi connectivity index (χ2v) is 6.26. The normalized spacial score (nSPS) is 10.8. The number of aromatic nitrogens is 2. The number of carbonyl (C=O) groups excluding carboxylic acids is 1. The van der Waals surface area contributed by atoms with Gasteiger partial charge in [0.25, 0.3) is 0 Å². The van der Waals surface area contributed by atoms with Gasteiger partial charge in [0, 0.05) is 5.56 Å². The number of hydrogen-bond donors (Lipinski definition) is 1. The first kappa shape index (κ1) is 17.5. The van der Waals surface area contributed by atoms with Crippen LogP contribution in [-0.2, 0) is 13.1 Å². The molecule has 1 N–H and O–H groups in total. The van der Waals surface area contributed by atoms with Gasteiger partial charge in [-0.1, -0.05) is 55.6 Å². The smallest absolute Gasteiger partial charge is 0.329 e. The average Bonchev–Trinajstić information content (AvgIpc) is 2.83. The monoisotopic (exact) mass is 348 g/mol. The highest BCUT2D eigenvalue weighted by molar-refractivity contribution is 5.96. The molecule has 1 heterocycles. The van der Waals surface area contributed by atoms with Crippen LogP contribution in [0.2, 0.25) is 0 Å². The maximum atomic E-state index is 12.7. The Kier molecular flexibility index (Phi) is 4.63. The highest BCUT2D eigenvalue weighted by atomic mass is 16.3. The largest absolute Gasteiger partial charge is 0.508 e. The first-order chi connectivity index (χ1) is 12.4. The van der Waals surface area contributed by atoms with Crippen LogP contribution >= 0.6 is 0 Å². The molecule has 0 radical (unpaired) electrons. The van der Waals surface area contributed by atoms with Crippen LogP contribution in [0.4, 0.5) is 0 Å². The number of aromatic hydroxyl groups is 1. The zero-order valence-corrected chi connectivity index (χ0v) is 14.6. The fourth-order valence-electron chi connectivity index (χ4n) is 2.80. The predicted molar refractivity (Wildman–Crippen MR) is 102 cm³/mol. The second-order valence-electron chi connectivity index (χ2n) is 6.26. The Bertz CT molecular complexity index is 1120. The standard InChI is InChI=1S/C21H20N2O3/c1-14-9-10-18(11-19(14)24)20(25)13-23-16(3)15(2)22(21(23)26)12-17-7-5-4-6-8-17/h4-11,24H,2-3,12-13H2,1H3. The van der Waals surface area contributed by atoms with E-state index in [-0.39, 0.29) is 23.8 Å². The Morgan fingerprint density at radius 2 is 1.69 bits per heavy atom. The summed E-state index contributed by atoms with van der Waals surface area (Å²) in [6, 6.07) is 14.3. The van der Waals surface area contributed by atoms with Gasteiger partial charge in [0.05, 0.1) is 23.8 Å². The maximum absolute atomic E-state index is 12.7. The minimum atomic E-state index is -0.325. The molecular weight excluding hydrogens is 328 g/mol. The van der Waals surface area contributed by atoms with Gasteiger partial charge in [-0.2, -0.15) is 0 Å². The summed E-state index contributed by atoms with van der Waals surface area (Å²) in [6.07, 6.45) is 0. The summed E-state index contributed by atoms with van der Waals surface area (Å²) in [5.74, 6) is -0.221. The molecule has 5 nitrogen and oxygen atoms in total. The molecule has 0 fully saturated rings. The molecule has 0 aliphatic carbocycles. The summed E-state index contributed by atoms with van der Waals surface area (Å²) < 4.78 is 2.84. The van der Waals surface area contributed by atoms with E-state index in [1.165, 1.54) is 15.2 Å². The maximum Gasteiger partial charge on any atom is 0.329 e. The lowest BCUT2D eigenvalue weighted by molar-refractivity contribution is 0.0969. The SMILES string of the molecule is C=c1c(=C)n(Cc2ccccc2)c(=O)n1CC(=O)c1ccc(C)c(O)c1. The summed E-state index contributed by atoms with van der Waals surface area (Å²) in [6.45, 7) is 9.80. The van der Waals surface area contributed by atoms with E-state index in [2.05, 4.69) is 13.2 Å². The van der Waals surface area contributed by atoms with Crippen molar-refractivity contribution in [2.45, 2.75) is 20.0 Å². The van der Waals surface area contributed by atoms with E-state index in [1.54, 1.807) is 19.1 Å². The van der Waals surface area contributed by atoms with E-state index >= 15 is 0 Å². The van der Waals surface area contributed by atoms with Crippen molar-refractivity contribution in [3.05, 3.63) is 86.4 Å². The van der Waals surface area contributed by atoms with E-state index < -0.39 is 0 Å². The van der Waals surface area contributed by atoms with E-state index in [0.717, 1.165) is 5.56 Å². The van der Waals surface area contributed by atoms with Gasteiger partial charge in [0.2, 0.25) is 0 Å². The summed E-state index contributed by atoms with van der Waals surface area (Å²) in [5, 5.41) is 10.7. The van der Waals surface area contributed by atoms with Crippen molar-refractivity contribution in [2.75, 3.05) is 0 Å². The number of hydrogen-bond acceptors (Lipinski definition) is 3. The molecule has 132 valence electrons. The van der Waals surface area contributed by atoms with Gasteiger partial charge < -0.3 is 5.11 Å². The molecule has 3 rings (SSSR count). The van der Waals surface area contributed by atoms with E-state index in [1.807, 2.05) is 30.3 Å². The number of phenolic OH excluding ortho intramolecular Hbond substituents is 1. The molecule has 1 aromatic heterocycles. The van der Waals surface area contributed by atoms with Crippen molar-refractivity contribution >= 4 is 18.9 Å². The van der Waals surface area contributed by atoms with Gasteiger partial charge in [-0.3, -0.25) is 13.9 Å². The van der Waals surface area contributed by atoms with Crippen molar-refractivity contribution in [3.63, 3.8) is 0 Å². The Morgan fingerprint density at radius 1 is 1.04 bits per heavy atom. The molecule has 0 unspecified atom stereocenters. The minimum absolute atomic E-state index is 0.0533. The fourth-order valence-corrected chi connectivity index (χ4v) is 2.80. The van der Waals surface area contributed by atoms with Gasteiger partial charge in [-0.25, -0.2) is 4.79 Å². The van der Waals surface area contributed by atoms with Gasteiger partial charge in [-0.15, -0.1) is 0 Å². The van der Waals surface area contributed by atoms with E-state index in [9.17, 15) is 14.7 Å². The van der Waals surface area contributed by atoms with Crippen LogP contribution < -0.4 is 16.4 Å². The third kappa shape index (κ3) is 3.24. The predicted octanol–water partition coefficient (Wildman–Crippen LogP) is 1.42. The number of aryl methyl sites for hydroxylation is 1. The topological polar surface area (TPSA) is 64.2 Å². The molecule has 0 spiro atoms. The first-order valence-corrected chi connectivity index (χ1v) is 8.22. The van der Waals surface area contributed by atoms with Gasteiger partial charge in [-0.05, 0) is 24.1 Å². The lowest BCUT2D eigenvalue weighted by atomic mass is 10.1. The zero-order valence-electron chi connectivity index (χ0n) is 14.6. The highest BCUT2D eigenvalue weighted by Gasteiger charge is 2.14. The zero-order chi connectivity index (χ0) is 18.8. The molecule has 0 aliphatic heterocycles. The number of imidazole rings is 1. The summed E-state index contributed by atoms with van der Waals surface area (Å²) >= 11 is 0. The molecule has 0 saturated heterocycles. The Morgan fingerprint density at radius 3 is 2.35 bits per heavy atom. The van der Waals surface area contributed by atoms with Gasteiger partial charge >= 0.3 is 5.69 Å². The molecule has 26 heavy (non-hydrogen) atoms. The summed E-state index contributed by atoms with van der Waals surface area (Å²) in [4.78, 5) is 25.3. The van der Waals surface area contributed by atoms with Crippen molar-refractivity contribution in [3.8, 4) is 5.75 Å². The lowest BCUT2D eigenvalue weighted by Gasteiger charge is -2.05. The van der Waals surface area contributed by atoms with Crippen LogP contribution in [0, 0.1) is 6.92 Å². The van der Waals surface area contributed by atoms with Crippen molar-refractivity contribution in [2.24, 2.45) is 0 Å². The van der Waals surface area contributed by atoms with Crippen molar-refractivity contribution < 1.29 is 9.90 Å². The molecular formula is C21H20N2O3. The van der Waals surface area contributed by atoms with Crippen molar-refractivity contribution in [1.29, 1.82) is 0 Å². The number of Topliss-reactive ketones (excluding diaryl/α,β-unsaturated/α-hetero) is 1. The number of rotatable bonds is 5. The minimum Gasteiger partial charge on any atom is -0.508 e. The molecule has 5 heteroatoms. The van der Waals surface area contributed by atoms with Crippen LogP contribution in [0.3, 0.4) is 0 Å². The molecule has 0 amide bonds.